The van der Waals surface area contributed by atoms with Crippen LogP contribution >= 0.6 is 0 Å². The average molecular weight is 652 g/mol. The summed E-state index contributed by atoms with van der Waals surface area (Å²) in [5.74, 6) is 7.48. The molecular weight excluding hydrogens is 564 g/mol. The van der Waals surface area contributed by atoms with Crippen molar-refractivity contribution >= 4 is 0 Å². The topological polar surface area (TPSA) is 27.7 Å². The summed E-state index contributed by atoms with van der Waals surface area (Å²) in [6.45, 7) is 28.7. The number of rotatable bonds is 12. The van der Waals surface area contributed by atoms with E-state index in [9.17, 15) is 0 Å². The van der Waals surface area contributed by atoms with Crippen LogP contribution in [0.5, 0.6) is 0 Å². The largest absolute Gasteiger partial charge is 0.378 e. The molecule has 3 aliphatic heterocycles. The molecule has 3 heteroatoms. The van der Waals surface area contributed by atoms with Gasteiger partial charge < -0.3 is 14.2 Å². The minimum Gasteiger partial charge on any atom is -0.378 e. The van der Waals surface area contributed by atoms with Crippen molar-refractivity contribution in [2.24, 2.45) is 71.0 Å². The molecule has 0 aromatic carbocycles. The molecule has 0 aromatic rings. The molecular formula is C43H84O3. The van der Waals surface area contributed by atoms with E-state index in [1.165, 1.54) is 51.4 Å². The molecule has 0 amide bonds. The van der Waals surface area contributed by atoms with Gasteiger partial charge in [-0.1, -0.05) is 104 Å². The molecule has 0 N–H and O–H groups in total. The van der Waals surface area contributed by atoms with E-state index in [1.54, 1.807) is 0 Å². The summed E-state index contributed by atoms with van der Waals surface area (Å²) in [4.78, 5) is 0. The standard InChI is InChI=1S/C15H28O.C14H26O.C13H26O.CH4/c1-11(2)8-14-13-6-5-7-15(14,16-10-13)9-12(3)4;1-10(2)7-13-12-5-6-14(13,15-9-12)8-11(3)4;1-9(2)6-12-11(5)8-14-13(12)7-10(3)4;/h11-14H,5-10H2,1-4H3;10-13H,5-9H2,1-4H3;9-13H,6-8H2,1-5H3;1H4/i10D;9D;8D;. The first-order chi connectivity index (χ1) is 22.3. The summed E-state index contributed by atoms with van der Waals surface area (Å²) >= 11 is 0. The Hall–Kier alpha value is -0.120. The monoisotopic (exact) mass is 652 g/mol. The van der Waals surface area contributed by atoms with Crippen molar-refractivity contribution in [3.63, 3.8) is 0 Å². The average Bonchev–Trinajstić information content (AvgIpc) is 3.51. The third-order valence-corrected chi connectivity index (χ3v) is 11.4. The number of fused-ring (bicyclic) bond motifs is 4. The first-order valence-electron chi connectivity index (χ1n) is 21.3. The molecule has 0 radical (unpaired) electrons. The third kappa shape index (κ3) is 11.5. The van der Waals surface area contributed by atoms with E-state index in [0.29, 0.717) is 65.3 Å². The molecule has 274 valence electrons. The molecule has 5 rings (SSSR count). The Morgan fingerprint density at radius 3 is 1.48 bits per heavy atom. The van der Waals surface area contributed by atoms with Crippen LogP contribution in [0, 0.1) is 71.0 Å². The van der Waals surface area contributed by atoms with Crippen LogP contribution < -0.4 is 0 Å². The van der Waals surface area contributed by atoms with E-state index in [1.807, 2.05) is 0 Å². The molecule has 2 aliphatic carbocycles. The molecule has 3 heterocycles. The SMILES string of the molecule is C.[2H]C1OC(CC(C)C)C(CC(C)C)C1C.[2H]C1OC2(CC(C)C)CCC1C2CC(C)C.[2H]C1OC2(CC(C)C)CCCC1C2CC(C)C. The van der Waals surface area contributed by atoms with Crippen LogP contribution in [0.15, 0.2) is 0 Å². The van der Waals surface area contributed by atoms with Crippen molar-refractivity contribution in [2.75, 3.05) is 19.7 Å². The minimum atomic E-state index is -0.294. The molecule has 46 heavy (non-hydrogen) atoms. The summed E-state index contributed by atoms with van der Waals surface area (Å²) in [7, 11) is 0. The second kappa shape index (κ2) is 18.8. The zero-order valence-corrected chi connectivity index (χ0v) is 32.2. The zero-order valence-electron chi connectivity index (χ0n) is 35.2. The summed E-state index contributed by atoms with van der Waals surface area (Å²) in [5, 5.41) is 0. The van der Waals surface area contributed by atoms with E-state index in [4.69, 9.17) is 18.3 Å². The van der Waals surface area contributed by atoms with Crippen LogP contribution in [0.2, 0.25) is 0 Å². The fourth-order valence-electron chi connectivity index (χ4n) is 9.82. The summed E-state index contributed by atoms with van der Waals surface area (Å²) < 4.78 is 42.1. The number of hydrogen-bond donors (Lipinski definition) is 0. The van der Waals surface area contributed by atoms with Crippen molar-refractivity contribution in [1.82, 2.24) is 0 Å². The van der Waals surface area contributed by atoms with E-state index in [0.717, 1.165) is 31.1 Å². The van der Waals surface area contributed by atoms with E-state index in [-0.39, 0.29) is 38.4 Å². The fraction of sp³-hybridized carbons (Fsp3) is 1.00. The van der Waals surface area contributed by atoms with Crippen molar-refractivity contribution in [3.8, 4) is 0 Å². The van der Waals surface area contributed by atoms with Gasteiger partial charge in [-0.3, -0.25) is 0 Å². The predicted molar refractivity (Wildman–Crippen MR) is 200 cm³/mol. The molecule has 3 nitrogen and oxygen atoms in total. The van der Waals surface area contributed by atoms with Crippen molar-refractivity contribution in [1.29, 1.82) is 0 Å². The lowest BCUT2D eigenvalue weighted by molar-refractivity contribution is -0.0531. The van der Waals surface area contributed by atoms with Crippen molar-refractivity contribution in [2.45, 2.75) is 185 Å². The van der Waals surface area contributed by atoms with Gasteiger partial charge in [0.15, 0.2) is 0 Å². The van der Waals surface area contributed by atoms with Crippen LogP contribution in [0.1, 0.15) is 172 Å². The predicted octanol–water partition coefficient (Wildman–Crippen LogP) is 12.5. The van der Waals surface area contributed by atoms with Crippen LogP contribution in [-0.4, -0.2) is 37.1 Å². The van der Waals surface area contributed by atoms with Gasteiger partial charge in [0.2, 0.25) is 0 Å². The second-order valence-electron chi connectivity index (χ2n) is 18.7. The highest BCUT2D eigenvalue weighted by molar-refractivity contribution is 5.04. The molecule has 4 bridgehead atoms. The Bertz CT molecular complexity index is 933. The lowest BCUT2D eigenvalue weighted by Gasteiger charge is -2.41. The molecule has 12 atom stereocenters. The van der Waals surface area contributed by atoms with Gasteiger partial charge in [0.25, 0.3) is 0 Å². The Morgan fingerprint density at radius 1 is 0.587 bits per heavy atom. The normalized spacial score (nSPS) is 42.2. The minimum absolute atomic E-state index is 0. The molecule has 12 unspecified atom stereocenters. The maximum atomic E-state index is 8.18. The molecule has 0 spiro atoms. The Kier molecular flexibility index (Phi) is 15.1. The first kappa shape index (κ1) is 37.1. The van der Waals surface area contributed by atoms with Gasteiger partial charge in [0.05, 0.1) is 34.6 Å². The van der Waals surface area contributed by atoms with Crippen LogP contribution in [-0.2, 0) is 14.2 Å². The lowest BCUT2D eigenvalue weighted by atomic mass is 9.66. The van der Waals surface area contributed by atoms with Gasteiger partial charge in [-0.25, -0.2) is 0 Å². The van der Waals surface area contributed by atoms with Gasteiger partial charge in [-0.15, -0.1) is 0 Å². The highest BCUT2D eigenvalue weighted by atomic mass is 16.5. The molecule has 0 aromatic heterocycles. The smallest absolute Gasteiger partial charge is 0.0716 e. The van der Waals surface area contributed by atoms with Crippen LogP contribution in [0.25, 0.3) is 0 Å². The highest BCUT2D eigenvalue weighted by Crippen LogP contribution is 2.54. The lowest BCUT2D eigenvalue weighted by Crippen LogP contribution is -2.41. The Balaban J connectivity index is 0.000000253. The molecule has 5 fully saturated rings. The second-order valence-corrected chi connectivity index (χ2v) is 18.7. The van der Waals surface area contributed by atoms with Crippen LogP contribution in [0.3, 0.4) is 0 Å². The number of hydrogen-bond acceptors (Lipinski definition) is 3. The van der Waals surface area contributed by atoms with Crippen molar-refractivity contribution < 1.29 is 18.3 Å². The van der Waals surface area contributed by atoms with Crippen LogP contribution in [0.4, 0.5) is 0 Å². The van der Waals surface area contributed by atoms with Gasteiger partial charge in [-0.05, 0) is 135 Å². The molecule has 2 saturated carbocycles. The zero-order chi connectivity index (χ0) is 36.1. The highest BCUT2D eigenvalue weighted by Gasteiger charge is 2.54. The molecule has 5 aliphatic rings. The van der Waals surface area contributed by atoms with Gasteiger partial charge >= 0.3 is 0 Å². The molecule has 3 saturated heterocycles. The maximum Gasteiger partial charge on any atom is 0.0716 e. The third-order valence-electron chi connectivity index (χ3n) is 11.4. The van der Waals surface area contributed by atoms with Gasteiger partial charge in [-0.2, -0.15) is 0 Å². The quantitative estimate of drug-likeness (QED) is 0.210. The number of ether oxygens (including phenoxy) is 3. The van der Waals surface area contributed by atoms with Gasteiger partial charge in [0.1, 0.15) is 0 Å². The Labute approximate surface area is 294 Å². The maximum absolute atomic E-state index is 8.18. The van der Waals surface area contributed by atoms with E-state index in [2.05, 4.69) is 90.0 Å². The fourth-order valence-corrected chi connectivity index (χ4v) is 9.82. The van der Waals surface area contributed by atoms with E-state index >= 15 is 0 Å². The summed E-state index contributed by atoms with van der Waals surface area (Å²) in [5.41, 5.74) is 0.114. The summed E-state index contributed by atoms with van der Waals surface area (Å²) in [6, 6.07) is 0. The van der Waals surface area contributed by atoms with E-state index < -0.39 is 0 Å². The summed E-state index contributed by atoms with van der Waals surface area (Å²) in [6.07, 6.45) is 13.5. The van der Waals surface area contributed by atoms with Crippen molar-refractivity contribution in [3.05, 3.63) is 0 Å². The van der Waals surface area contributed by atoms with Gasteiger partial charge in [0, 0.05) is 6.58 Å². The first-order valence-corrected chi connectivity index (χ1v) is 19.6. The Morgan fingerprint density at radius 2 is 1.04 bits per heavy atom.